The Morgan fingerprint density at radius 1 is 1.37 bits per heavy atom. The van der Waals surface area contributed by atoms with Crippen LogP contribution < -0.4 is 4.72 Å². The van der Waals surface area contributed by atoms with Gasteiger partial charge in [-0.3, -0.25) is 14.8 Å². The first-order valence-electron chi connectivity index (χ1n) is 5.40. The van der Waals surface area contributed by atoms with Gasteiger partial charge in [0.1, 0.15) is 5.75 Å². The number of phenols is 1. The van der Waals surface area contributed by atoms with E-state index in [2.05, 4.69) is 0 Å². The smallest absolute Gasteiger partial charge is 0.297 e. The van der Waals surface area contributed by atoms with E-state index in [1.807, 2.05) is 4.72 Å². The Morgan fingerprint density at radius 2 is 2.05 bits per heavy atom. The second-order valence-corrected chi connectivity index (χ2v) is 5.97. The SMILES string of the molecule is O=[N+]([O-])c1cccc(O)c1NS(=O)(=O)CCCCCl. The second kappa shape index (κ2) is 6.58. The number of phenolic OH excluding ortho intramolecular Hbond substituents is 1. The number of rotatable bonds is 7. The van der Waals surface area contributed by atoms with Gasteiger partial charge in [0.05, 0.1) is 10.7 Å². The Hall–Kier alpha value is -1.54. The Kier molecular flexibility index (Phi) is 5.37. The number of hydrogen-bond donors (Lipinski definition) is 2. The van der Waals surface area contributed by atoms with E-state index in [9.17, 15) is 23.6 Å². The van der Waals surface area contributed by atoms with Crippen LogP contribution in [0, 0.1) is 10.1 Å². The number of nitrogens with zero attached hydrogens (tertiary/aromatic N) is 1. The lowest BCUT2D eigenvalue weighted by molar-refractivity contribution is -0.383. The zero-order valence-electron chi connectivity index (χ0n) is 9.87. The summed E-state index contributed by atoms with van der Waals surface area (Å²) in [7, 11) is -3.76. The Bertz CT molecular complexity index is 561. The molecule has 0 aliphatic rings. The van der Waals surface area contributed by atoms with E-state index >= 15 is 0 Å². The van der Waals surface area contributed by atoms with Crippen LogP contribution in [0.5, 0.6) is 5.75 Å². The van der Waals surface area contributed by atoms with Crippen molar-refractivity contribution in [3.63, 3.8) is 0 Å². The normalized spacial score (nSPS) is 11.2. The molecule has 0 aromatic heterocycles. The Labute approximate surface area is 115 Å². The topological polar surface area (TPSA) is 110 Å². The van der Waals surface area contributed by atoms with Crippen molar-refractivity contribution < 1.29 is 18.4 Å². The molecule has 0 unspecified atom stereocenters. The molecule has 106 valence electrons. The van der Waals surface area contributed by atoms with Gasteiger partial charge in [-0.15, -0.1) is 11.6 Å². The zero-order valence-corrected chi connectivity index (χ0v) is 11.4. The summed E-state index contributed by atoms with van der Waals surface area (Å²) in [6, 6.07) is 3.54. The first-order valence-corrected chi connectivity index (χ1v) is 7.59. The van der Waals surface area contributed by atoms with Gasteiger partial charge >= 0.3 is 0 Å². The van der Waals surface area contributed by atoms with Crippen molar-refractivity contribution in [1.82, 2.24) is 0 Å². The summed E-state index contributed by atoms with van der Waals surface area (Å²) in [6.07, 6.45) is 0.853. The number of hydrogen-bond acceptors (Lipinski definition) is 5. The van der Waals surface area contributed by atoms with E-state index < -0.39 is 32.1 Å². The van der Waals surface area contributed by atoms with Crippen molar-refractivity contribution in [2.45, 2.75) is 12.8 Å². The van der Waals surface area contributed by atoms with E-state index in [1.165, 1.54) is 12.1 Å². The third-order valence-corrected chi connectivity index (χ3v) is 3.88. The number of sulfonamides is 1. The number of alkyl halides is 1. The monoisotopic (exact) mass is 308 g/mol. The molecule has 0 heterocycles. The molecule has 0 bridgehead atoms. The van der Waals surface area contributed by atoms with E-state index in [0.717, 1.165) is 6.07 Å². The van der Waals surface area contributed by atoms with Crippen LogP contribution in [-0.4, -0.2) is 30.1 Å². The standard InChI is InChI=1S/C10H13ClN2O5S/c11-6-1-2-7-19(17,18)12-10-8(13(15)16)4-3-5-9(10)14/h3-5,12,14H,1-2,6-7H2. The molecular weight excluding hydrogens is 296 g/mol. The minimum atomic E-state index is -3.76. The van der Waals surface area contributed by atoms with Crippen LogP contribution in [0.1, 0.15) is 12.8 Å². The number of benzene rings is 1. The number of aromatic hydroxyl groups is 1. The molecule has 0 amide bonds. The third-order valence-electron chi connectivity index (χ3n) is 2.27. The fraction of sp³-hybridized carbons (Fsp3) is 0.400. The van der Waals surface area contributed by atoms with Gasteiger partial charge in [-0.25, -0.2) is 8.42 Å². The van der Waals surface area contributed by atoms with Gasteiger partial charge < -0.3 is 5.11 Å². The van der Waals surface area contributed by atoms with Crippen molar-refractivity contribution in [2.24, 2.45) is 0 Å². The average Bonchev–Trinajstić information content (AvgIpc) is 2.31. The molecule has 0 aliphatic carbocycles. The van der Waals surface area contributed by atoms with Gasteiger partial charge in [0.25, 0.3) is 5.69 Å². The van der Waals surface area contributed by atoms with Gasteiger partial charge in [-0.2, -0.15) is 0 Å². The quantitative estimate of drug-likeness (QED) is 0.263. The largest absolute Gasteiger partial charge is 0.505 e. The summed E-state index contributed by atoms with van der Waals surface area (Å²) in [5.41, 5.74) is -0.917. The maximum atomic E-state index is 11.7. The molecule has 1 aromatic rings. The first-order chi connectivity index (χ1) is 8.87. The highest BCUT2D eigenvalue weighted by molar-refractivity contribution is 7.92. The van der Waals surface area contributed by atoms with Gasteiger partial charge in [-0.1, -0.05) is 6.07 Å². The number of nitro groups is 1. The predicted molar refractivity (Wildman–Crippen MR) is 72.1 cm³/mol. The molecular formula is C10H13ClN2O5S. The van der Waals surface area contributed by atoms with E-state index in [4.69, 9.17) is 11.6 Å². The van der Waals surface area contributed by atoms with Crippen LogP contribution in [0.4, 0.5) is 11.4 Å². The molecule has 0 aliphatic heterocycles. The summed E-state index contributed by atoms with van der Waals surface area (Å²) in [4.78, 5) is 9.99. The summed E-state index contributed by atoms with van der Waals surface area (Å²) in [6.45, 7) is 0. The maximum absolute atomic E-state index is 11.7. The van der Waals surface area contributed by atoms with Crippen LogP contribution in [0.3, 0.4) is 0 Å². The van der Waals surface area contributed by atoms with Gasteiger partial charge in [0, 0.05) is 11.9 Å². The fourth-order valence-corrected chi connectivity index (χ4v) is 2.77. The summed E-state index contributed by atoms with van der Waals surface area (Å²) in [5, 5.41) is 20.3. The molecule has 7 nitrogen and oxygen atoms in total. The van der Waals surface area contributed by atoms with Crippen molar-refractivity contribution in [2.75, 3.05) is 16.4 Å². The summed E-state index contributed by atoms with van der Waals surface area (Å²) >= 11 is 5.44. The highest BCUT2D eigenvalue weighted by atomic mass is 35.5. The van der Waals surface area contributed by atoms with Crippen LogP contribution in [0.2, 0.25) is 0 Å². The molecule has 1 rings (SSSR count). The lowest BCUT2D eigenvalue weighted by Gasteiger charge is -2.09. The molecule has 1 aromatic carbocycles. The molecule has 9 heteroatoms. The molecule has 19 heavy (non-hydrogen) atoms. The molecule has 0 spiro atoms. The second-order valence-electron chi connectivity index (χ2n) is 3.75. The van der Waals surface area contributed by atoms with Crippen molar-refractivity contribution in [3.8, 4) is 5.75 Å². The Balaban J connectivity index is 2.95. The van der Waals surface area contributed by atoms with Gasteiger partial charge in [0.2, 0.25) is 10.0 Å². The van der Waals surface area contributed by atoms with E-state index in [0.29, 0.717) is 18.7 Å². The molecule has 2 N–H and O–H groups in total. The first kappa shape index (κ1) is 15.5. The number of nitro benzene ring substituents is 1. The molecule has 0 saturated heterocycles. The van der Waals surface area contributed by atoms with Crippen LogP contribution in [0.25, 0.3) is 0 Å². The zero-order chi connectivity index (χ0) is 14.5. The average molecular weight is 309 g/mol. The van der Waals surface area contributed by atoms with E-state index in [1.54, 1.807) is 0 Å². The molecule has 0 fully saturated rings. The van der Waals surface area contributed by atoms with Crippen LogP contribution >= 0.6 is 11.6 Å². The third kappa shape index (κ3) is 4.56. The lowest BCUT2D eigenvalue weighted by atomic mass is 10.2. The highest BCUT2D eigenvalue weighted by Crippen LogP contribution is 2.33. The minimum absolute atomic E-state index is 0.217. The summed E-state index contributed by atoms with van der Waals surface area (Å²) < 4.78 is 25.5. The summed E-state index contributed by atoms with van der Waals surface area (Å²) in [5.74, 6) is -0.368. The van der Waals surface area contributed by atoms with Crippen LogP contribution in [-0.2, 0) is 10.0 Å². The fourth-order valence-electron chi connectivity index (χ4n) is 1.38. The molecule has 0 radical (unpaired) electrons. The number of para-hydroxylation sites is 1. The van der Waals surface area contributed by atoms with Crippen molar-refractivity contribution in [1.29, 1.82) is 0 Å². The maximum Gasteiger partial charge on any atom is 0.297 e. The lowest BCUT2D eigenvalue weighted by Crippen LogP contribution is -2.17. The predicted octanol–water partition coefficient (Wildman–Crippen LogP) is 2.06. The number of nitrogens with one attached hydrogen (secondary N) is 1. The minimum Gasteiger partial charge on any atom is -0.505 e. The van der Waals surface area contributed by atoms with Gasteiger partial charge in [-0.05, 0) is 18.9 Å². The molecule has 0 saturated carbocycles. The van der Waals surface area contributed by atoms with Crippen molar-refractivity contribution in [3.05, 3.63) is 28.3 Å². The number of anilines is 1. The van der Waals surface area contributed by atoms with Crippen molar-refractivity contribution >= 4 is 33.0 Å². The highest BCUT2D eigenvalue weighted by Gasteiger charge is 2.22. The number of halogens is 1. The van der Waals surface area contributed by atoms with Gasteiger partial charge in [0.15, 0.2) is 5.69 Å². The number of unbranched alkanes of at least 4 members (excludes halogenated alkanes) is 1. The van der Waals surface area contributed by atoms with Crippen LogP contribution in [0.15, 0.2) is 18.2 Å². The molecule has 0 atom stereocenters. The van der Waals surface area contributed by atoms with E-state index in [-0.39, 0.29) is 5.75 Å². The Morgan fingerprint density at radius 3 is 2.63 bits per heavy atom.